The number of para-hydroxylation sites is 1. The van der Waals surface area contributed by atoms with Crippen molar-refractivity contribution in [1.82, 2.24) is 4.90 Å². The monoisotopic (exact) mass is 440 g/mol. The van der Waals surface area contributed by atoms with Crippen LogP contribution in [-0.4, -0.2) is 51.6 Å². The van der Waals surface area contributed by atoms with Crippen LogP contribution in [0.2, 0.25) is 0 Å². The lowest BCUT2D eigenvalue weighted by Crippen LogP contribution is -2.72. The summed E-state index contributed by atoms with van der Waals surface area (Å²) >= 11 is 0. The van der Waals surface area contributed by atoms with E-state index in [1.54, 1.807) is 36.4 Å². The molecule has 1 aliphatic carbocycles. The zero-order valence-electron chi connectivity index (χ0n) is 17.7. The molecule has 2 unspecified atom stereocenters. The highest BCUT2D eigenvalue weighted by Gasteiger charge is 2.60. The van der Waals surface area contributed by atoms with E-state index >= 15 is 0 Å². The highest BCUT2D eigenvalue weighted by Crippen LogP contribution is 2.55. The molecule has 3 fully saturated rings. The van der Waals surface area contributed by atoms with Crippen LogP contribution in [0.15, 0.2) is 59.5 Å². The molecule has 164 valence electrons. The highest BCUT2D eigenvalue weighted by atomic mass is 32.2. The third-order valence-electron chi connectivity index (χ3n) is 7.26. The number of hydrogen-bond acceptors (Lipinski definition) is 4. The van der Waals surface area contributed by atoms with E-state index < -0.39 is 10.0 Å². The van der Waals surface area contributed by atoms with E-state index in [0.29, 0.717) is 11.3 Å². The van der Waals surface area contributed by atoms with Gasteiger partial charge in [0.05, 0.1) is 22.7 Å². The Labute approximate surface area is 183 Å². The van der Waals surface area contributed by atoms with Gasteiger partial charge in [-0.25, -0.2) is 8.42 Å². The second-order valence-corrected chi connectivity index (χ2v) is 10.9. The van der Waals surface area contributed by atoms with E-state index in [1.165, 1.54) is 42.7 Å². The van der Waals surface area contributed by atoms with Crippen molar-refractivity contribution in [1.29, 1.82) is 0 Å². The number of sulfonamides is 1. The normalized spacial score (nSPS) is 24.5. The van der Waals surface area contributed by atoms with Crippen LogP contribution in [-0.2, 0) is 14.8 Å². The predicted molar refractivity (Wildman–Crippen MR) is 119 cm³/mol. The van der Waals surface area contributed by atoms with Gasteiger partial charge in [0, 0.05) is 31.2 Å². The number of anilines is 1. The van der Waals surface area contributed by atoms with E-state index in [0.717, 1.165) is 26.0 Å². The molecule has 31 heavy (non-hydrogen) atoms. The molecular formula is C24H28N2O4S. The lowest BCUT2D eigenvalue weighted by atomic mass is 9.56. The van der Waals surface area contributed by atoms with E-state index in [1.807, 2.05) is 11.0 Å². The fraction of sp³-hybridized carbons (Fsp3) is 0.458. The molecule has 2 heterocycles. The molecule has 2 aromatic carbocycles. The first kappa shape index (κ1) is 20.5. The van der Waals surface area contributed by atoms with E-state index in [-0.39, 0.29) is 28.4 Å². The molecule has 2 saturated heterocycles. The van der Waals surface area contributed by atoms with E-state index in [4.69, 9.17) is 4.74 Å². The minimum atomic E-state index is -3.70. The summed E-state index contributed by atoms with van der Waals surface area (Å²) in [5, 5.41) is 0. The molecule has 0 N–H and O–H groups in total. The Morgan fingerprint density at radius 3 is 2.35 bits per heavy atom. The van der Waals surface area contributed by atoms with Crippen molar-refractivity contribution in [3.05, 3.63) is 60.2 Å². The van der Waals surface area contributed by atoms with E-state index in [2.05, 4.69) is 0 Å². The van der Waals surface area contributed by atoms with Crippen LogP contribution >= 0.6 is 0 Å². The van der Waals surface area contributed by atoms with Crippen LogP contribution in [0.5, 0.6) is 0 Å². The third kappa shape index (κ3) is 3.34. The maximum Gasteiger partial charge on any atom is 0.264 e. The van der Waals surface area contributed by atoms with Crippen LogP contribution in [0.1, 0.15) is 42.5 Å². The molecule has 1 saturated carbocycles. The summed E-state index contributed by atoms with van der Waals surface area (Å²) in [5.41, 5.74) is 1.36. The molecule has 7 heteroatoms. The van der Waals surface area contributed by atoms with Gasteiger partial charge in [-0.05, 0) is 62.1 Å². The largest absolute Gasteiger partial charge is 0.376 e. The van der Waals surface area contributed by atoms with Gasteiger partial charge in [-0.1, -0.05) is 24.6 Å². The topological polar surface area (TPSA) is 66.9 Å². The Balaban J connectivity index is 1.34. The molecule has 0 radical (unpaired) electrons. The van der Waals surface area contributed by atoms with Crippen LogP contribution in [0.25, 0.3) is 0 Å². The van der Waals surface area contributed by atoms with Gasteiger partial charge in [0.15, 0.2) is 0 Å². The Bertz CT molecular complexity index is 1060. The molecule has 3 aliphatic rings. The summed E-state index contributed by atoms with van der Waals surface area (Å²) in [5.74, 6) is -0.0293. The molecular weight excluding hydrogens is 412 g/mol. The third-order valence-corrected chi connectivity index (χ3v) is 9.05. The van der Waals surface area contributed by atoms with Gasteiger partial charge in [-0.15, -0.1) is 0 Å². The number of nitrogens with zero attached hydrogens (tertiary/aromatic N) is 2. The zero-order chi connectivity index (χ0) is 21.6. The number of carbonyl (C=O) groups is 1. The fourth-order valence-electron chi connectivity index (χ4n) is 5.35. The first-order chi connectivity index (χ1) is 14.9. The van der Waals surface area contributed by atoms with Crippen LogP contribution < -0.4 is 4.31 Å². The van der Waals surface area contributed by atoms with Crippen molar-refractivity contribution in [3.63, 3.8) is 0 Å². The first-order valence-corrected chi connectivity index (χ1v) is 12.4. The van der Waals surface area contributed by atoms with Crippen molar-refractivity contribution in [3.8, 4) is 0 Å². The predicted octanol–water partition coefficient (Wildman–Crippen LogP) is 3.69. The first-order valence-electron chi connectivity index (χ1n) is 11.0. The zero-order valence-corrected chi connectivity index (χ0v) is 18.6. The van der Waals surface area contributed by atoms with Crippen molar-refractivity contribution in [2.24, 2.45) is 5.41 Å². The van der Waals surface area contributed by atoms with Crippen molar-refractivity contribution in [2.45, 2.75) is 49.1 Å². The smallest absolute Gasteiger partial charge is 0.264 e. The van der Waals surface area contributed by atoms with Crippen LogP contribution in [0.3, 0.4) is 0 Å². The lowest BCUT2D eigenvalue weighted by molar-refractivity contribution is -0.150. The van der Waals surface area contributed by atoms with Gasteiger partial charge < -0.3 is 9.64 Å². The average molecular weight is 441 g/mol. The Kier molecular flexibility index (Phi) is 5.06. The minimum absolute atomic E-state index is 0.0293. The number of rotatable bonds is 5. The van der Waals surface area contributed by atoms with E-state index in [9.17, 15) is 13.2 Å². The summed E-state index contributed by atoms with van der Waals surface area (Å²) in [4.78, 5) is 15.4. The van der Waals surface area contributed by atoms with Crippen LogP contribution in [0, 0.1) is 5.41 Å². The Morgan fingerprint density at radius 1 is 1.06 bits per heavy atom. The Hall–Kier alpha value is -2.38. The molecule has 2 atom stereocenters. The number of amides is 1. The molecule has 5 rings (SSSR count). The van der Waals surface area contributed by atoms with Gasteiger partial charge in [0.2, 0.25) is 0 Å². The van der Waals surface area contributed by atoms with Gasteiger partial charge in [-0.3, -0.25) is 9.10 Å². The quantitative estimate of drug-likeness (QED) is 0.711. The number of ether oxygens (including phenoxy) is 1. The fourth-order valence-corrected chi connectivity index (χ4v) is 6.54. The minimum Gasteiger partial charge on any atom is -0.376 e. The highest BCUT2D eigenvalue weighted by molar-refractivity contribution is 7.92. The summed E-state index contributed by atoms with van der Waals surface area (Å²) in [6, 6.07) is 15.4. The number of hydrogen-bond donors (Lipinski definition) is 0. The van der Waals surface area contributed by atoms with Gasteiger partial charge >= 0.3 is 0 Å². The second kappa shape index (κ2) is 7.64. The van der Waals surface area contributed by atoms with Gasteiger partial charge in [-0.2, -0.15) is 0 Å². The van der Waals surface area contributed by atoms with Gasteiger partial charge in [0.1, 0.15) is 0 Å². The molecule has 0 bridgehead atoms. The number of likely N-dealkylation sites (tertiary alicyclic amines) is 1. The lowest BCUT2D eigenvalue weighted by Gasteiger charge is -2.63. The van der Waals surface area contributed by atoms with Crippen LogP contribution in [0.4, 0.5) is 5.69 Å². The summed E-state index contributed by atoms with van der Waals surface area (Å²) < 4.78 is 33.2. The Morgan fingerprint density at radius 2 is 1.77 bits per heavy atom. The van der Waals surface area contributed by atoms with Crippen molar-refractivity contribution < 1.29 is 17.9 Å². The van der Waals surface area contributed by atoms with Crippen molar-refractivity contribution >= 4 is 21.6 Å². The molecule has 2 aromatic rings. The average Bonchev–Trinajstić information content (AvgIpc) is 3.25. The summed E-state index contributed by atoms with van der Waals surface area (Å²) in [7, 11) is -2.16. The standard InChI is InChI=1S/C24H28N2O4S/c1-25(19-7-3-2-4-8-19)31(28,29)20-12-10-18(11-13-20)23(27)26-17-24(14-6-15-24)22(26)21-9-5-16-30-21/h2-4,7-8,10-13,21-22H,5-6,9,14-17H2,1H3. The second-order valence-electron chi connectivity index (χ2n) is 8.98. The van der Waals surface area contributed by atoms with Gasteiger partial charge in [0.25, 0.3) is 15.9 Å². The maximum atomic E-state index is 13.2. The maximum absolute atomic E-state index is 13.2. The molecule has 0 aromatic heterocycles. The summed E-state index contributed by atoms with van der Waals surface area (Å²) in [6.45, 7) is 1.56. The molecule has 6 nitrogen and oxygen atoms in total. The number of benzene rings is 2. The molecule has 1 spiro atoms. The molecule has 2 aliphatic heterocycles. The molecule has 1 amide bonds. The SMILES string of the molecule is CN(c1ccccc1)S(=O)(=O)c1ccc(C(=O)N2CC3(CCC3)C2C2CCCO2)cc1. The number of carbonyl (C=O) groups excluding carboxylic acids is 1. The summed E-state index contributed by atoms with van der Waals surface area (Å²) in [6.07, 6.45) is 5.78. The van der Waals surface area contributed by atoms with Crippen molar-refractivity contribution in [2.75, 3.05) is 24.5 Å².